The number of esters is 1. The van der Waals surface area contributed by atoms with Crippen LogP contribution in [0.1, 0.15) is 42.2 Å². The lowest BCUT2D eigenvalue weighted by molar-refractivity contribution is 0.0601. The van der Waals surface area contributed by atoms with Crippen molar-refractivity contribution in [2.45, 2.75) is 0 Å². The van der Waals surface area contributed by atoms with Crippen LogP contribution in [0.3, 0.4) is 0 Å². The highest BCUT2D eigenvalue weighted by molar-refractivity contribution is 6.32. The van der Waals surface area contributed by atoms with Gasteiger partial charge in [0.05, 0.1) is 29.5 Å². The highest BCUT2D eigenvalue weighted by Gasteiger charge is 2.34. The molecule has 1 aliphatic carbocycles. The zero-order valence-electron chi connectivity index (χ0n) is 11.7. The van der Waals surface area contributed by atoms with Crippen molar-refractivity contribution in [3.63, 3.8) is 0 Å². The van der Waals surface area contributed by atoms with Crippen LogP contribution in [0.4, 0.5) is 11.4 Å². The summed E-state index contributed by atoms with van der Waals surface area (Å²) in [6.45, 7) is 0. The van der Waals surface area contributed by atoms with Gasteiger partial charge in [-0.3, -0.25) is 9.59 Å². The first-order valence-corrected chi connectivity index (χ1v) is 6.46. The van der Waals surface area contributed by atoms with Gasteiger partial charge in [0.2, 0.25) is 0 Å². The van der Waals surface area contributed by atoms with Crippen molar-refractivity contribution in [1.82, 2.24) is 0 Å². The van der Waals surface area contributed by atoms with Crippen LogP contribution in [0.5, 0.6) is 0 Å². The zero-order chi connectivity index (χ0) is 16.0. The summed E-state index contributed by atoms with van der Waals surface area (Å²) in [6.07, 6.45) is 0. The van der Waals surface area contributed by atoms with Crippen molar-refractivity contribution in [2.24, 2.45) is 0 Å². The number of carbonyl (C=O) groups is 3. The molecule has 0 atom stereocenters. The van der Waals surface area contributed by atoms with Crippen LogP contribution in [-0.4, -0.2) is 24.6 Å². The summed E-state index contributed by atoms with van der Waals surface area (Å²) in [6, 6.07) is 7.68. The normalized spacial score (nSPS) is 12.6. The number of anilines is 2. The first kappa shape index (κ1) is 13.8. The lowest BCUT2D eigenvalue weighted by Gasteiger charge is -2.21. The minimum absolute atomic E-state index is 0.0254. The molecule has 0 aliphatic heterocycles. The van der Waals surface area contributed by atoms with Crippen LogP contribution in [0, 0.1) is 0 Å². The second kappa shape index (κ2) is 4.70. The summed E-state index contributed by atoms with van der Waals surface area (Å²) in [5.41, 5.74) is 12.2. The minimum Gasteiger partial charge on any atom is -0.465 e. The van der Waals surface area contributed by atoms with Gasteiger partial charge < -0.3 is 16.2 Å². The predicted octanol–water partition coefficient (Wildman–Crippen LogP) is 1.41. The SMILES string of the molecule is COC(=O)c1cc(N)c2c(c1N)C(=O)c1ccccc1C2=O. The van der Waals surface area contributed by atoms with Crippen molar-refractivity contribution in [3.05, 3.63) is 58.1 Å². The van der Waals surface area contributed by atoms with E-state index in [1.54, 1.807) is 24.3 Å². The molecule has 3 rings (SSSR count). The Hall–Kier alpha value is -3.15. The van der Waals surface area contributed by atoms with Crippen LogP contribution in [0.15, 0.2) is 30.3 Å². The first-order valence-electron chi connectivity index (χ1n) is 6.46. The molecule has 4 N–H and O–H groups in total. The van der Waals surface area contributed by atoms with E-state index in [0.29, 0.717) is 0 Å². The lowest BCUT2D eigenvalue weighted by atomic mass is 9.81. The number of ether oxygens (including phenoxy) is 1. The quantitative estimate of drug-likeness (QED) is 0.518. The molecule has 110 valence electrons. The average Bonchev–Trinajstić information content (AvgIpc) is 2.53. The monoisotopic (exact) mass is 296 g/mol. The van der Waals surface area contributed by atoms with Gasteiger partial charge in [0, 0.05) is 16.8 Å². The van der Waals surface area contributed by atoms with E-state index in [0.717, 1.165) is 0 Å². The molecular weight excluding hydrogens is 284 g/mol. The highest BCUT2D eigenvalue weighted by Crippen LogP contribution is 2.36. The highest BCUT2D eigenvalue weighted by atomic mass is 16.5. The van der Waals surface area contributed by atoms with Gasteiger partial charge in [-0.1, -0.05) is 24.3 Å². The topological polar surface area (TPSA) is 112 Å². The fourth-order valence-electron chi connectivity index (χ4n) is 2.63. The Morgan fingerprint density at radius 1 is 1.00 bits per heavy atom. The second-order valence-electron chi connectivity index (χ2n) is 4.87. The molecule has 0 saturated carbocycles. The number of hydrogen-bond acceptors (Lipinski definition) is 6. The summed E-state index contributed by atoms with van der Waals surface area (Å²) in [4.78, 5) is 37.0. The van der Waals surface area contributed by atoms with E-state index in [1.807, 2.05) is 0 Å². The summed E-state index contributed by atoms with van der Waals surface area (Å²) in [7, 11) is 1.19. The molecule has 6 heteroatoms. The molecule has 0 radical (unpaired) electrons. The van der Waals surface area contributed by atoms with Crippen molar-refractivity contribution in [1.29, 1.82) is 0 Å². The maximum atomic E-state index is 12.6. The van der Waals surface area contributed by atoms with Gasteiger partial charge in [0.1, 0.15) is 0 Å². The molecule has 0 spiro atoms. The van der Waals surface area contributed by atoms with Gasteiger partial charge in [-0.2, -0.15) is 0 Å². The number of nitrogen functional groups attached to an aromatic ring is 2. The fourth-order valence-corrected chi connectivity index (χ4v) is 2.63. The van der Waals surface area contributed by atoms with E-state index in [9.17, 15) is 14.4 Å². The fraction of sp³-hybridized carbons (Fsp3) is 0.0625. The third kappa shape index (κ3) is 1.70. The van der Waals surface area contributed by atoms with Gasteiger partial charge in [0.15, 0.2) is 11.6 Å². The average molecular weight is 296 g/mol. The standard InChI is InChI=1S/C16H12N2O4/c1-22-16(21)9-6-10(17)11-12(13(9)18)15(20)8-5-3-2-4-7(8)14(11)19/h2-6H,17-18H2,1H3. The number of methoxy groups -OCH3 is 1. The lowest BCUT2D eigenvalue weighted by Crippen LogP contribution is -2.25. The van der Waals surface area contributed by atoms with E-state index in [2.05, 4.69) is 4.74 Å². The van der Waals surface area contributed by atoms with Crippen LogP contribution in [-0.2, 0) is 4.74 Å². The van der Waals surface area contributed by atoms with Gasteiger partial charge in [-0.05, 0) is 6.07 Å². The van der Waals surface area contributed by atoms with Gasteiger partial charge in [-0.15, -0.1) is 0 Å². The maximum Gasteiger partial charge on any atom is 0.340 e. The molecule has 22 heavy (non-hydrogen) atoms. The summed E-state index contributed by atoms with van der Waals surface area (Å²) in [5, 5.41) is 0. The van der Waals surface area contributed by atoms with Gasteiger partial charge >= 0.3 is 5.97 Å². The third-order valence-corrected chi connectivity index (χ3v) is 3.67. The second-order valence-corrected chi connectivity index (χ2v) is 4.87. The van der Waals surface area contributed by atoms with Crippen molar-refractivity contribution in [2.75, 3.05) is 18.6 Å². The van der Waals surface area contributed by atoms with Crippen molar-refractivity contribution < 1.29 is 19.1 Å². The van der Waals surface area contributed by atoms with E-state index in [-0.39, 0.29) is 45.0 Å². The first-order chi connectivity index (χ1) is 10.5. The molecule has 6 nitrogen and oxygen atoms in total. The largest absolute Gasteiger partial charge is 0.465 e. The predicted molar refractivity (Wildman–Crippen MR) is 79.9 cm³/mol. The molecule has 0 fully saturated rings. The van der Waals surface area contributed by atoms with E-state index in [4.69, 9.17) is 11.5 Å². The molecule has 0 bridgehead atoms. The molecule has 2 aromatic carbocycles. The summed E-state index contributed by atoms with van der Waals surface area (Å²) >= 11 is 0. The number of carbonyl (C=O) groups excluding carboxylic acids is 3. The van der Waals surface area contributed by atoms with E-state index >= 15 is 0 Å². The molecular formula is C16H12N2O4. The van der Waals surface area contributed by atoms with Crippen molar-refractivity contribution in [3.8, 4) is 0 Å². The number of nitrogens with two attached hydrogens (primary N) is 2. The Morgan fingerprint density at radius 2 is 1.55 bits per heavy atom. The minimum atomic E-state index is -0.717. The number of hydrogen-bond donors (Lipinski definition) is 2. The van der Waals surface area contributed by atoms with Crippen LogP contribution >= 0.6 is 0 Å². The number of ketones is 2. The molecule has 2 aromatic rings. The Balaban J connectivity index is 2.36. The van der Waals surface area contributed by atoms with Crippen molar-refractivity contribution >= 4 is 28.9 Å². The van der Waals surface area contributed by atoms with Crippen LogP contribution in [0.2, 0.25) is 0 Å². The smallest absolute Gasteiger partial charge is 0.340 e. The molecule has 0 heterocycles. The molecule has 0 amide bonds. The Bertz CT molecular complexity index is 855. The molecule has 1 aliphatic rings. The molecule has 0 unspecified atom stereocenters. The Labute approximate surface area is 125 Å². The van der Waals surface area contributed by atoms with Gasteiger partial charge in [0.25, 0.3) is 0 Å². The van der Waals surface area contributed by atoms with Gasteiger partial charge in [-0.25, -0.2) is 4.79 Å². The summed E-state index contributed by atoms with van der Waals surface area (Å²) < 4.78 is 4.62. The van der Waals surface area contributed by atoms with Crippen LogP contribution in [0.25, 0.3) is 0 Å². The van der Waals surface area contributed by atoms with Crippen LogP contribution < -0.4 is 11.5 Å². The maximum absolute atomic E-state index is 12.6. The molecule has 0 aromatic heterocycles. The summed E-state index contributed by atoms with van der Waals surface area (Å²) in [5.74, 6) is -1.53. The number of benzene rings is 2. The molecule has 0 saturated heterocycles. The number of fused-ring (bicyclic) bond motifs is 2. The van der Waals surface area contributed by atoms with E-state index in [1.165, 1.54) is 13.2 Å². The third-order valence-electron chi connectivity index (χ3n) is 3.67. The zero-order valence-corrected chi connectivity index (χ0v) is 11.7. The van der Waals surface area contributed by atoms with E-state index < -0.39 is 11.8 Å². The Morgan fingerprint density at radius 3 is 2.09 bits per heavy atom. The Kier molecular flexibility index (Phi) is 2.95. The number of rotatable bonds is 1.